The Morgan fingerprint density at radius 2 is 1.95 bits per heavy atom. The van der Waals surface area contributed by atoms with Crippen LogP contribution in [0.4, 0.5) is 4.39 Å². The number of oxime groups is 1. The first-order valence-corrected chi connectivity index (χ1v) is 6.74. The molecule has 0 radical (unpaired) electrons. The minimum Gasteiger partial charge on any atom is -0.410 e. The summed E-state index contributed by atoms with van der Waals surface area (Å²) >= 11 is 0. The Balaban J connectivity index is 0.000000704. The van der Waals surface area contributed by atoms with Gasteiger partial charge in [-0.3, -0.25) is 4.98 Å². The summed E-state index contributed by atoms with van der Waals surface area (Å²) in [7, 11) is 0. The zero-order valence-electron chi connectivity index (χ0n) is 11.6. The van der Waals surface area contributed by atoms with E-state index in [1.807, 2.05) is 19.9 Å². The fraction of sp³-hybridized carbons (Fsp3) is 0.250. The standard InChI is InChI=1S/C14H11FN2O.C2H6/c15-13-3-1-2-11-10(13)5-4-9-6-7-16-8-12(9)14(11)17-18;1-2/h1-3,6-8,18H,4-5H2;1-2H3/b17-14+;. The first kappa shape index (κ1) is 14.2. The second-order valence-corrected chi connectivity index (χ2v) is 4.25. The van der Waals surface area contributed by atoms with Crippen LogP contribution in [0, 0.1) is 5.82 Å². The van der Waals surface area contributed by atoms with Gasteiger partial charge in [-0.15, -0.1) is 0 Å². The molecule has 0 fully saturated rings. The Bertz CT molecular complexity index is 638. The molecule has 0 amide bonds. The lowest BCUT2D eigenvalue weighted by atomic mass is 9.99. The van der Waals surface area contributed by atoms with E-state index in [9.17, 15) is 9.60 Å². The van der Waals surface area contributed by atoms with Gasteiger partial charge in [0.05, 0.1) is 0 Å². The highest BCUT2D eigenvalue weighted by Gasteiger charge is 2.22. The highest BCUT2D eigenvalue weighted by Crippen LogP contribution is 2.26. The van der Waals surface area contributed by atoms with Crippen LogP contribution in [-0.2, 0) is 12.8 Å². The van der Waals surface area contributed by atoms with E-state index in [-0.39, 0.29) is 5.82 Å². The molecule has 20 heavy (non-hydrogen) atoms. The smallest absolute Gasteiger partial charge is 0.127 e. The van der Waals surface area contributed by atoms with Crippen molar-refractivity contribution in [2.24, 2.45) is 5.16 Å². The number of rotatable bonds is 0. The molecule has 1 aromatic carbocycles. The minimum atomic E-state index is -0.255. The Labute approximate surface area is 117 Å². The van der Waals surface area contributed by atoms with Crippen LogP contribution >= 0.6 is 0 Å². The fourth-order valence-electron chi connectivity index (χ4n) is 2.40. The summed E-state index contributed by atoms with van der Waals surface area (Å²) in [6.07, 6.45) is 4.66. The summed E-state index contributed by atoms with van der Waals surface area (Å²) in [5.41, 5.74) is 3.42. The second kappa shape index (κ2) is 6.28. The topological polar surface area (TPSA) is 45.5 Å². The summed E-state index contributed by atoms with van der Waals surface area (Å²) < 4.78 is 13.8. The predicted molar refractivity (Wildman–Crippen MR) is 76.8 cm³/mol. The molecule has 0 unspecified atom stereocenters. The molecule has 0 atom stereocenters. The third-order valence-electron chi connectivity index (χ3n) is 3.28. The minimum absolute atomic E-state index is 0.255. The highest BCUT2D eigenvalue weighted by atomic mass is 19.1. The Kier molecular flexibility index (Phi) is 4.45. The van der Waals surface area contributed by atoms with Gasteiger partial charge in [0, 0.05) is 23.5 Å². The number of benzene rings is 1. The number of pyridine rings is 1. The Hall–Kier alpha value is -2.23. The number of nitrogens with zero attached hydrogens (tertiary/aromatic N) is 2. The molecular weight excluding hydrogens is 255 g/mol. The number of hydrogen-bond acceptors (Lipinski definition) is 3. The van der Waals surface area contributed by atoms with Crippen LogP contribution in [0.25, 0.3) is 0 Å². The van der Waals surface area contributed by atoms with Gasteiger partial charge in [0.2, 0.25) is 0 Å². The first-order chi connectivity index (χ1) is 9.81. The molecule has 1 aliphatic carbocycles. The van der Waals surface area contributed by atoms with Crippen LogP contribution in [0.2, 0.25) is 0 Å². The number of aryl methyl sites for hydroxylation is 1. The molecule has 1 N–H and O–H groups in total. The van der Waals surface area contributed by atoms with Crippen molar-refractivity contribution in [1.29, 1.82) is 0 Å². The average molecular weight is 272 g/mol. The molecule has 0 spiro atoms. The molecule has 1 aliphatic rings. The molecule has 4 heteroatoms. The van der Waals surface area contributed by atoms with Crippen molar-refractivity contribution >= 4 is 5.71 Å². The van der Waals surface area contributed by atoms with Crippen LogP contribution in [0.5, 0.6) is 0 Å². The lowest BCUT2D eigenvalue weighted by molar-refractivity contribution is 0.319. The molecule has 2 aromatic rings. The summed E-state index contributed by atoms with van der Waals surface area (Å²) in [6, 6.07) is 6.71. The fourth-order valence-corrected chi connectivity index (χ4v) is 2.40. The van der Waals surface area contributed by atoms with Crippen molar-refractivity contribution < 1.29 is 9.60 Å². The summed E-state index contributed by atoms with van der Waals surface area (Å²) in [6.45, 7) is 4.00. The van der Waals surface area contributed by atoms with Crippen molar-refractivity contribution in [2.75, 3.05) is 0 Å². The van der Waals surface area contributed by atoms with Gasteiger partial charge in [-0.25, -0.2) is 4.39 Å². The van der Waals surface area contributed by atoms with Gasteiger partial charge in [-0.05, 0) is 36.1 Å². The molecule has 0 bridgehead atoms. The summed E-state index contributed by atoms with van der Waals surface area (Å²) in [4.78, 5) is 4.05. The molecule has 3 nitrogen and oxygen atoms in total. The van der Waals surface area contributed by atoms with Gasteiger partial charge in [-0.2, -0.15) is 0 Å². The van der Waals surface area contributed by atoms with Gasteiger partial charge in [0.1, 0.15) is 11.5 Å². The van der Waals surface area contributed by atoms with E-state index >= 15 is 0 Å². The van der Waals surface area contributed by atoms with Crippen molar-refractivity contribution in [2.45, 2.75) is 26.7 Å². The van der Waals surface area contributed by atoms with Crippen LogP contribution < -0.4 is 0 Å². The maximum Gasteiger partial charge on any atom is 0.127 e. The predicted octanol–water partition coefficient (Wildman–Crippen LogP) is 3.57. The molecule has 0 aliphatic heterocycles. The molecule has 3 rings (SSSR count). The number of aromatic nitrogens is 1. The second-order valence-electron chi connectivity index (χ2n) is 4.25. The van der Waals surface area contributed by atoms with Crippen molar-refractivity contribution in [3.8, 4) is 0 Å². The normalized spacial score (nSPS) is 14.7. The highest BCUT2D eigenvalue weighted by molar-refractivity contribution is 6.14. The summed E-state index contributed by atoms with van der Waals surface area (Å²) in [5, 5.41) is 12.6. The quantitative estimate of drug-likeness (QED) is 0.588. The van der Waals surface area contributed by atoms with Crippen LogP contribution in [0.3, 0.4) is 0 Å². The number of halogens is 1. The summed E-state index contributed by atoms with van der Waals surface area (Å²) in [5.74, 6) is -0.255. The molecule has 1 aromatic heterocycles. The van der Waals surface area contributed by atoms with E-state index < -0.39 is 0 Å². The van der Waals surface area contributed by atoms with Crippen LogP contribution in [0.1, 0.15) is 36.1 Å². The zero-order chi connectivity index (χ0) is 14.5. The maximum absolute atomic E-state index is 13.8. The van der Waals surface area contributed by atoms with Gasteiger partial charge in [0.25, 0.3) is 0 Å². The van der Waals surface area contributed by atoms with Crippen molar-refractivity contribution in [3.63, 3.8) is 0 Å². The molecular formula is C16H17FN2O. The van der Waals surface area contributed by atoms with E-state index in [0.717, 1.165) is 11.1 Å². The largest absolute Gasteiger partial charge is 0.410 e. The van der Waals surface area contributed by atoms with Crippen molar-refractivity contribution in [1.82, 2.24) is 4.98 Å². The molecule has 1 heterocycles. The van der Waals surface area contributed by atoms with E-state index in [2.05, 4.69) is 10.1 Å². The average Bonchev–Trinajstić information content (AvgIpc) is 2.66. The van der Waals surface area contributed by atoms with E-state index in [1.165, 1.54) is 6.07 Å². The van der Waals surface area contributed by atoms with E-state index in [1.54, 1.807) is 24.5 Å². The van der Waals surface area contributed by atoms with Crippen molar-refractivity contribution in [3.05, 3.63) is 64.7 Å². The van der Waals surface area contributed by atoms with E-state index in [0.29, 0.717) is 29.7 Å². The molecule has 0 saturated heterocycles. The Morgan fingerprint density at radius 1 is 1.15 bits per heavy atom. The van der Waals surface area contributed by atoms with Gasteiger partial charge >= 0.3 is 0 Å². The third kappa shape index (κ3) is 2.41. The monoisotopic (exact) mass is 272 g/mol. The number of fused-ring (bicyclic) bond motifs is 2. The SMILES string of the molecule is CC.O/N=C1/c2cnccc2CCc2c(F)cccc21. The zero-order valence-corrected chi connectivity index (χ0v) is 11.6. The maximum atomic E-state index is 13.8. The molecule has 0 saturated carbocycles. The lowest BCUT2D eigenvalue weighted by Gasteiger charge is -2.08. The third-order valence-corrected chi connectivity index (χ3v) is 3.28. The van der Waals surface area contributed by atoms with Gasteiger partial charge < -0.3 is 5.21 Å². The number of hydrogen-bond donors (Lipinski definition) is 1. The van der Waals surface area contributed by atoms with Gasteiger partial charge in [-0.1, -0.05) is 31.1 Å². The van der Waals surface area contributed by atoms with E-state index in [4.69, 9.17) is 0 Å². The molecule has 104 valence electrons. The Morgan fingerprint density at radius 3 is 2.70 bits per heavy atom. The van der Waals surface area contributed by atoms with Crippen LogP contribution in [0.15, 0.2) is 41.8 Å². The van der Waals surface area contributed by atoms with Gasteiger partial charge in [0.15, 0.2) is 0 Å². The first-order valence-electron chi connectivity index (χ1n) is 6.74. The lowest BCUT2D eigenvalue weighted by Crippen LogP contribution is -2.07. The van der Waals surface area contributed by atoms with Crippen LogP contribution in [-0.4, -0.2) is 15.9 Å².